The van der Waals surface area contributed by atoms with Gasteiger partial charge in [-0.1, -0.05) is 54.6 Å². The summed E-state index contributed by atoms with van der Waals surface area (Å²) in [6.45, 7) is 5.34. The number of aryl methyl sites for hydroxylation is 3. The predicted octanol–water partition coefficient (Wildman–Crippen LogP) is 5.08. The first-order chi connectivity index (χ1) is 14.1. The van der Waals surface area contributed by atoms with Gasteiger partial charge in [-0.2, -0.15) is 0 Å². The van der Waals surface area contributed by atoms with Crippen LogP contribution >= 0.6 is 0 Å². The second-order valence-corrected chi connectivity index (χ2v) is 6.36. The molecular formula is C24H24O6Y. The van der Waals surface area contributed by atoms with Crippen molar-refractivity contribution in [3.05, 3.63) is 106 Å². The maximum absolute atomic E-state index is 10.4. The van der Waals surface area contributed by atoms with E-state index in [-0.39, 0.29) is 32.7 Å². The molecule has 0 fully saturated rings. The molecule has 3 rings (SSSR count). The fourth-order valence-corrected chi connectivity index (χ4v) is 2.44. The molecule has 3 aromatic rings. The Kier molecular flexibility index (Phi) is 12.9. The summed E-state index contributed by atoms with van der Waals surface area (Å²) in [7, 11) is 0. The fraction of sp³-hybridized carbons (Fsp3) is 0.125. The van der Waals surface area contributed by atoms with Crippen LogP contribution in [0, 0.1) is 20.8 Å². The zero-order chi connectivity index (χ0) is 22.7. The maximum atomic E-state index is 10.4. The van der Waals surface area contributed by atoms with Gasteiger partial charge in [-0.25, -0.2) is 14.4 Å². The molecule has 159 valence electrons. The number of carbonyl (C=O) groups is 3. The van der Waals surface area contributed by atoms with Crippen LogP contribution in [-0.4, -0.2) is 33.2 Å². The second kappa shape index (κ2) is 14.2. The normalized spacial score (nSPS) is 9.00. The molecule has 0 bridgehead atoms. The van der Waals surface area contributed by atoms with Crippen LogP contribution in [0.2, 0.25) is 0 Å². The predicted molar refractivity (Wildman–Crippen MR) is 114 cm³/mol. The van der Waals surface area contributed by atoms with Crippen LogP contribution in [0.5, 0.6) is 0 Å². The standard InChI is InChI=1S/3C8H8O2.Y/c3*1-6-4-2-3-5-7(6)8(9)10;/h3*2-5H,1H3,(H,9,10);. The quantitative estimate of drug-likeness (QED) is 0.466. The van der Waals surface area contributed by atoms with E-state index in [1.54, 1.807) is 75.4 Å². The minimum atomic E-state index is -0.863. The Balaban J connectivity index is 0.000000429. The monoisotopic (exact) mass is 497 g/mol. The van der Waals surface area contributed by atoms with Gasteiger partial charge >= 0.3 is 17.9 Å². The topological polar surface area (TPSA) is 112 Å². The third kappa shape index (κ3) is 9.68. The molecule has 6 nitrogen and oxygen atoms in total. The number of aromatic carboxylic acids is 3. The van der Waals surface area contributed by atoms with Crippen molar-refractivity contribution >= 4 is 17.9 Å². The van der Waals surface area contributed by atoms with Crippen molar-refractivity contribution in [2.45, 2.75) is 20.8 Å². The molecule has 0 atom stereocenters. The Hall–Kier alpha value is -2.83. The van der Waals surface area contributed by atoms with Gasteiger partial charge in [0.2, 0.25) is 0 Å². The summed E-state index contributed by atoms with van der Waals surface area (Å²) < 4.78 is 0. The molecule has 0 amide bonds. The number of carboxylic acid groups (broad SMARTS) is 3. The van der Waals surface area contributed by atoms with Crippen LogP contribution in [0.15, 0.2) is 72.8 Å². The molecule has 0 saturated carbocycles. The van der Waals surface area contributed by atoms with Crippen molar-refractivity contribution in [2.24, 2.45) is 0 Å². The average molecular weight is 497 g/mol. The Labute approximate surface area is 206 Å². The Morgan fingerprint density at radius 3 is 0.806 bits per heavy atom. The summed E-state index contributed by atoms with van der Waals surface area (Å²) in [6, 6.07) is 20.7. The molecule has 0 saturated heterocycles. The van der Waals surface area contributed by atoms with E-state index in [0.717, 1.165) is 16.7 Å². The van der Waals surface area contributed by atoms with Crippen molar-refractivity contribution < 1.29 is 62.4 Å². The fourth-order valence-electron chi connectivity index (χ4n) is 2.44. The van der Waals surface area contributed by atoms with Gasteiger partial charge < -0.3 is 15.3 Å². The summed E-state index contributed by atoms with van der Waals surface area (Å²) in [4.78, 5) is 31.3. The average Bonchev–Trinajstić information content (AvgIpc) is 2.69. The van der Waals surface area contributed by atoms with E-state index >= 15 is 0 Å². The van der Waals surface area contributed by atoms with E-state index in [2.05, 4.69) is 0 Å². The molecule has 0 aliphatic heterocycles. The van der Waals surface area contributed by atoms with Crippen molar-refractivity contribution in [3.8, 4) is 0 Å². The summed E-state index contributed by atoms with van der Waals surface area (Å²) in [5.41, 5.74) is 3.53. The molecule has 1 radical (unpaired) electrons. The molecule has 7 heteroatoms. The van der Waals surface area contributed by atoms with Crippen LogP contribution in [0.4, 0.5) is 0 Å². The van der Waals surface area contributed by atoms with Crippen molar-refractivity contribution in [2.75, 3.05) is 0 Å². The van der Waals surface area contributed by atoms with Gasteiger partial charge in [0.1, 0.15) is 0 Å². The van der Waals surface area contributed by atoms with E-state index in [1.807, 2.05) is 18.2 Å². The van der Waals surface area contributed by atoms with E-state index in [9.17, 15) is 14.4 Å². The van der Waals surface area contributed by atoms with Crippen LogP contribution in [0.3, 0.4) is 0 Å². The van der Waals surface area contributed by atoms with Gasteiger partial charge in [0.15, 0.2) is 0 Å². The van der Waals surface area contributed by atoms with Crippen LogP contribution in [-0.2, 0) is 32.7 Å². The van der Waals surface area contributed by atoms with Crippen molar-refractivity contribution in [1.82, 2.24) is 0 Å². The van der Waals surface area contributed by atoms with Gasteiger partial charge in [0.25, 0.3) is 0 Å². The number of hydrogen-bond acceptors (Lipinski definition) is 3. The van der Waals surface area contributed by atoms with E-state index in [0.29, 0.717) is 16.7 Å². The molecule has 0 aromatic heterocycles. The van der Waals surface area contributed by atoms with Gasteiger partial charge in [-0.3, -0.25) is 0 Å². The molecule has 3 aromatic carbocycles. The van der Waals surface area contributed by atoms with E-state index < -0.39 is 17.9 Å². The number of benzene rings is 3. The number of carboxylic acids is 3. The first-order valence-corrected chi connectivity index (χ1v) is 9.02. The van der Waals surface area contributed by atoms with Gasteiger partial charge in [0, 0.05) is 32.7 Å². The SMILES string of the molecule is Cc1ccccc1C(=O)O.Cc1ccccc1C(=O)O.Cc1ccccc1C(=O)O.[Y]. The maximum Gasteiger partial charge on any atom is 0.335 e. The Morgan fingerprint density at radius 1 is 0.484 bits per heavy atom. The minimum Gasteiger partial charge on any atom is -0.478 e. The summed E-state index contributed by atoms with van der Waals surface area (Å²) in [6.07, 6.45) is 0. The first kappa shape index (κ1) is 28.2. The zero-order valence-electron chi connectivity index (χ0n) is 17.6. The van der Waals surface area contributed by atoms with Crippen LogP contribution in [0.1, 0.15) is 47.8 Å². The summed E-state index contributed by atoms with van der Waals surface area (Å²) in [5, 5.41) is 25.7. The molecule has 0 unspecified atom stereocenters. The smallest absolute Gasteiger partial charge is 0.335 e. The van der Waals surface area contributed by atoms with Crippen LogP contribution < -0.4 is 0 Å². The number of rotatable bonds is 3. The molecule has 0 aliphatic carbocycles. The molecule has 0 aliphatic rings. The second-order valence-electron chi connectivity index (χ2n) is 6.36. The minimum absolute atomic E-state index is 0. The van der Waals surface area contributed by atoms with E-state index in [1.165, 1.54) is 0 Å². The van der Waals surface area contributed by atoms with Gasteiger partial charge in [-0.05, 0) is 55.7 Å². The van der Waals surface area contributed by atoms with Gasteiger partial charge in [0.05, 0.1) is 16.7 Å². The Morgan fingerprint density at radius 2 is 0.677 bits per heavy atom. The van der Waals surface area contributed by atoms with Crippen molar-refractivity contribution in [1.29, 1.82) is 0 Å². The largest absolute Gasteiger partial charge is 0.478 e. The van der Waals surface area contributed by atoms with Crippen LogP contribution in [0.25, 0.3) is 0 Å². The molecule has 0 spiro atoms. The first-order valence-electron chi connectivity index (χ1n) is 9.02. The van der Waals surface area contributed by atoms with E-state index in [4.69, 9.17) is 15.3 Å². The molecule has 0 heterocycles. The molecule has 31 heavy (non-hydrogen) atoms. The summed E-state index contributed by atoms with van der Waals surface area (Å²) >= 11 is 0. The zero-order valence-corrected chi connectivity index (χ0v) is 20.4. The van der Waals surface area contributed by atoms with Gasteiger partial charge in [-0.15, -0.1) is 0 Å². The summed E-state index contributed by atoms with van der Waals surface area (Å²) in [5.74, 6) is -2.59. The molecule has 3 N–H and O–H groups in total. The third-order valence-electron chi connectivity index (χ3n) is 4.13. The number of hydrogen-bond donors (Lipinski definition) is 3. The Bertz CT molecular complexity index is 898. The molecular weight excluding hydrogens is 473 g/mol. The van der Waals surface area contributed by atoms with Crippen molar-refractivity contribution in [3.63, 3.8) is 0 Å². The third-order valence-corrected chi connectivity index (χ3v) is 4.13.